The van der Waals surface area contributed by atoms with Crippen molar-refractivity contribution in [3.8, 4) is 5.75 Å². The second kappa shape index (κ2) is 6.83. The number of anilines is 2. The Hall–Kier alpha value is -2.63. The maximum Gasteiger partial charge on any atom is 0.262 e. The molecule has 3 N–H and O–H groups in total. The van der Waals surface area contributed by atoms with Gasteiger partial charge in [0.1, 0.15) is 5.75 Å². The molecule has 0 atom stereocenters. The zero-order valence-electron chi connectivity index (χ0n) is 14.4. The van der Waals surface area contributed by atoms with Gasteiger partial charge in [0.15, 0.2) is 6.61 Å². The number of fused-ring (bicyclic) bond motifs is 1. The highest BCUT2D eigenvalue weighted by atomic mass is 32.2. The lowest BCUT2D eigenvalue weighted by Gasteiger charge is -2.18. The molecule has 1 aliphatic rings. The summed E-state index contributed by atoms with van der Waals surface area (Å²) in [5.41, 5.74) is 0.810. The Bertz CT molecular complexity index is 1130. The highest BCUT2D eigenvalue weighted by Gasteiger charge is 2.22. The molecule has 0 unspecified atom stereocenters. The van der Waals surface area contributed by atoms with Crippen LogP contribution in [0.25, 0.3) is 0 Å². The predicted molar refractivity (Wildman–Crippen MR) is 98.8 cm³/mol. The molecule has 0 fully saturated rings. The van der Waals surface area contributed by atoms with E-state index in [-0.39, 0.29) is 33.7 Å². The fraction of sp³-hybridized carbons (Fsp3) is 0.188. The SMILES string of the molecule is CNS(=O)(=O)c1cc(NS(=O)(=O)c2ccc3c(c2)NC(=O)CO3)ccc1C. The van der Waals surface area contributed by atoms with E-state index in [9.17, 15) is 21.6 Å². The first-order valence-corrected chi connectivity index (χ1v) is 10.7. The maximum atomic E-state index is 12.7. The number of benzene rings is 2. The fourth-order valence-electron chi connectivity index (χ4n) is 2.51. The molecule has 11 heteroatoms. The Morgan fingerprint density at radius 1 is 1.04 bits per heavy atom. The van der Waals surface area contributed by atoms with Crippen molar-refractivity contribution in [3.63, 3.8) is 0 Å². The summed E-state index contributed by atoms with van der Waals surface area (Å²) in [6.07, 6.45) is 0. The lowest BCUT2D eigenvalue weighted by Crippen LogP contribution is -2.25. The average Bonchev–Trinajstić information content (AvgIpc) is 2.62. The molecule has 0 saturated heterocycles. The Labute approximate surface area is 156 Å². The Kier molecular flexibility index (Phi) is 4.84. The van der Waals surface area contributed by atoms with Gasteiger partial charge in [0.25, 0.3) is 15.9 Å². The molecule has 0 bridgehead atoms. The normalized spacial score (nSPS) is 14.1. The minimum absolute atomic E-state index is 0.0312. The summed E-state index contributed by atoms with van der Waals surface area (Å²) in [7, 11) is -6.48. The lowest BCUT2D eigenvalue weighted by molar-refractivity contribution is -0.118. The van der Waals surface area contributed by atoms with Crippen LogP contribution < -0.4 is 19.5 Å². The van der Waals surface area contributed by atoms with Crippen LogP contribution in [0.1, 0.15) is 5.56 Å². The molecule has 0 aromatic heterocycles. The van der Waals surface area contributed by atoms with Gasteiger partial charge in [-0.1, -0.05) is 6.07 Å². The minimum atomic E-state index is -4.02. The van der Waals surface area contributed by atoms with Gasteiger partial charge in [-0.3, -0.25) is 9.52 Å². The largest absolute Gasteiger partial charge is 0.482 e. The summed E-state index contributed by atoms with van der Waals surface area (Å²) in [6, 6.07) is 8.25. The number of amides is 1. The molecule has 9 nitrogen and oxygen atoms in total. The summed E-state index contributed by atoms with van der Waals surface area (Å²) < 4.78 is 59.2. The topological polar surface area (TPSA) is 131 Å². The molecule has 27 heavy (non-hydrogen) atoms. The third-order valence-corrected chi connectivity index (χ3v) is 6.83. The molecule has 1 heterocycles. The highest BCUT2D eigenvalue weighted by Crippen LogP contribution is 2.31. The van der Waals surface area contributed by atoms with Crippen molar-refractivity contribution < 1.29 is 26.4 Å². The van der Waals surface area contributed by atoms with Gasteiger partial charge in [0, 0.05) is 0 Å². The van der Waals surface area contributed by atoms with Crippen LogP contribution in [0.4, 0.5) is 11.4 Å². The molecule has 2 aromatic carbocycles. The first-order valence-electron chi connectivity index (χ1n) is 7.76. The van der Waals surface area contributed by atoms with E-state index >= 15 is 0 Å². The number of carbonyl (C=O) groups is 1. The van der Waals surface area contributed by atoms with Gasteiger partial charge in [-0.25, -0.2) is 21.6 Å². The van der Waals surface area contributed by atoms with Crippen molar-refractivity contribution in [1.82, 2.24) is 4.72 Å². The quantitative estimate of drug-likeness (QED) is 0.674. The van der Waals surface area contributed by atoms with E-state index < -0.39 is 20.0 Å². The van der Waals surface area contributed by atoms with Crippen LogP contribution >= 0.6 is 0 Å². The molecular weight excluding hydrogens is 394 g/mol. The van der Waals surface area contributed by atoms with Crippen LogP contribution in [0.15, 0.2) is 46.2 Å². The van der Waals surface area contributed by atoms with E-state index in [1.54, 1.807) is 6.92 Å². The Morgan fingerprint density at radius 3 is 2.48 bits per heavy atom. The summed E-state index contributed by atoms with van der Waals surface area (Å²) in [4.78, 5) is 11.3. The molecule has 1 aliphatic heterocycles. The molecule has 0 spiro atoms. The molecule has 0 radical (unpaired) electrons. The van der Waals surface area contributed by atoms with Gasteiger partial charge in [-0.2, -0.15) is 0 Å². The molecule has 3 rings (SSSR count). The van der Waals surface area contributed by atoms with Gasteiger partial charge < -0.3 is 10.1 Å². The van der Waals surface area contributed by atoms with E-state index in [1.165, 1.54) is 43.4 Å². The van der Waals surface area contributed by atoms with Crippen LogP contribution in [-0.4, -0.2) is 36.4 Å². The zero-order chi connectivity index (χ0) is 19.8. The van der Waals surface area contributed by atoms with Crippen LogP contribution in [-0.2, 0) is 24.8 Å². The molecule has 2 aromatic rings. The molecular formula is C16H17N3O6S2. The van der Waals surface area contributed by atoms with Gasteiger partial charge in [0.2, 0.25) is 10.0 Å². The third kappa shape index (κ3) is 3.89. The van der Waals surface area contributed by atoms with E-state index in [2.05, 4.69) is 14.8 Å². The van der Waals surface area contributed by atoms with Gasteiger partial charge in [-0.15, -0.1) is 0 Å². The predicted octanol–water partition coefficient (Wildman–Crippen LogP) is 1.03. The van der Waals surface area contributed by atoms with E-state index in [1.807, 2.05) is 0 Å². The number of nitrogens with one attached hydrogen (secondary N) is 3. The summed E-state index contributed by atoms with van der Waals surface area (Å²) in [6.45, 7) is 1.47. The molecule has 144 valence electrons. The lowest BCUT2D eigenvalue weighted by atomic mass is 10.2. The van der Waals surface area contributed by atoms with Crippen LogP contribution in [0.5, 0.6) is 5.75 Å². The smallest absolute Gasteiger partial charge is 0.262 e. The standard InChI is InChI=1S/C16H17N3O6S2/c1-10-3-4-11(7-15(10)27(23,24)17-2)19-26(21,22)12-5-6-14-13(8-12)18-16(20)9-25-14/h3-8,17,19H,9H2,1-2H3,(H,18,20). The number of ether oxygens (including phenoxy) is 1. The first kappa shape index (κ1) is 19.1. The summed E-state index contributed by atoms with van der Waals surface area (Å²) in [5.74, 6) is -0.0169. The molecule has 0 saturated carbocycles. The van der Waals surface area contributed by atoms with Crippen LogP contribution in [0.2, 0.25) is 0 Å². The van der Waals surface area contributed by atoms with Crippen molar-refractivity contribution in [2.75, 3.05) is 23.7 Å². The van der Waals surface area contributed by atoms with Gasteiger partial charge in [-0.05, 0) is 49.9 Å². The van der Waals surface area contributed by atoms with E-state index in [4.69, 9.17) is 4.74 Å². The summed E-state index contributed by atoms with van der Waals surface area (Å²) >= 11 is 0. The molecule has 0 aliphatic carbocycles. The van der Waals surface area contributed by atoms with Gasteiger partial charge in [0.05, 0.1) is 21.2 Å². The van der Waals surface area contributed by atoms with E-state index in [0.29, 0.717) is 11.3 Å². The van der Waals surface area contributed by atoms with Crippen molar-refractivity contribution >= 4 is 37.3 Å². The van der Waals surface area contributed by atoms with Crippen molar-refractivity contribution in [1.29, 1.82) is 0 Å². The number of rotatable bonds is 5. The number of sulfonamides is 2. The van der Waals surface area contributed by atoms with Crippen molar-refractivity contribution in [2.45, 2.75) is 16.7 Å². The molecule has 1 amide bonds. The number of carbonyl (C=O) groups excluding carboxylic acids is 1. The average molecular weight is 411 g/mol. The number of hydrogen-bond acceptors (Lipinski definition) is 6. The first-order chi connectivity index (χ1) is 12.6. The fourth-order valence-corrected chi connectivity index (χ4v) is 4.58. The van der Waals surface area contributed by atoms with Gasteiger partial charge >= 0.3 is 0 Å². The highest BCUT2D eigenvalue weighted by molar-refractivity contribution is 7.92. The number of hydrogen-bond donors (Lipinski definition) is 3. The third-order valence-electron chi connectivity index (χ3n) is 3.89. The van der Waals surface area contributed by atoms with E-state index in [0.717, 1.165) is 0 Å². The second-order valence-electron chi connectivity index (χ2n) is 5.79. The zero-order valence-corrected chi connectivity index (χ0v) is 16.1. The van der Waals surface area contributed by atoms with Crippen molar-refractivity contribution in [2.24, 2.45) is 0 Å². The monoisotopic (exact) mass is 411 g/mol. The maximum absolute atomic E-state index is 12.7. The minimum Gasteiger partial charge on any atom is -0.482 e. The van der Waals surface area contributed by atoms with Crippen LogP contribution in [0, 0.1) is 6.92 Å². The summed E-state index contributed by atoms with van der Waals surface area (Å²) in [5, 5.41) is 2.54. The Morgan fingerprint density at radius 2 is 1.78 bits per heavy atom. The van der Waals surface area contributed by atoms with Crippen LogP contribution in [0.3, 0.4) is 0 Å². The number of aryl methyl sites for hydroxylation is 1. The van der Waals surface area contributed by atoms with Crippen molar-refractivity contribution in [3.05, 3.63) is 42.0 Å². The Balaban J connectivity index is 1.95. The second-order valence-corrected chi connectivity index (χ2v) is 9.33.